The zero-order chi connectivity index (χ0) is 14.5. The maximum atomic E-state index is 12.4. The lowest BCUT2D eigenvalue weighted by Gasteiger charge is -2.12. The van der Waals surface area contributed by atoms with Gasteiger partial charge >= 0.3 is 0 Å². The van der Waals surface area contributed by atoms with Gasteiger partial charge in [0.25, 0.3) is 5.91 Å². The molecule has 4 heteroatoms. The normalized spacial score (nSPS) is 11.7. The Morgan fingerprint density at radius 3 is 2.10 bits per heavy atom. The molecule has 1 atom stereocenters. The largest absolute Gasteiger partial charge is 0.380 e. The molecule has 0 spiro atoms. The SMILES string of the molecule is CNC(=O)c1ccccc1C(=O)[C@H](O)c1ccccc1. The molecule has 102 valence electrons. The second-order valence-electron chi connectivity index (χ2n) is 4.30. The fourth-order valence-corrected chi connectivity index (χ4v) is 1.96. The average molecular weight is 269 g/mol. The van der Waals surface area contributed by atoms with Gasteiger partial charge < -0.3 is 10.4 Å². The molecule has 0 radical (unpaired) electrons. The van der Waals surface area contributed by atoms with E-state index >= 15 is 0 Å². The molecule has 0 aromatic heterocycles. The van der Waals surface area contributed by atoms with Crippen molar-refractivity contribution in [2.75, 3.05) is 7.05 Å². The van der Waals surface area contributed by atoms with Gasteiger partial charge in [0, 0.05) is 12.6 Å². The predicted octanol–water partition coefficient (Wildman–Crippen LogP) is 1.96. The van der Waals surface area contributed by atoms with Crippen LogP contribution in [-0.4, -0.2) is 23.8 Å². The van der Waals surface area contributed by atoms with Gasteiger partial charge in [-0.15, -0.1) is 0 Å². The summed E-state index contributed by atoms with van der Waals surface area (Å²) in [7, 11) is 1.50. The molecule has 0 fully saturated rings. The molecule has 0 aliphatic carbocycles. The van der Waals surface area contributed by atoms with Crippen molar-refractivity contribution >= 4 is 11.7 Å². The molecule has 2 N–H and O–H groups in total. The van der Waals surface area contributed by atoms with Crippen molar-refractivity contribution in [3.8, 4) is 0 Å². The highest BCUT2D eigenvalue weighted by Crippen LogP contribution is 2.20. The molecule has 2 aromatic carbocycles. The Labute approximate surface area is 117 Å². The van der Waals surface area contributed by atoms with Crippen LogP contribution in [0.3, 0.4) is 0 Å². The number of ketones is 1. The van der Waals surface area contributed by atoms with Gasteiger partial charge in [-0.1, -0.05) is 48.5 Å². The fourth-order valence-electron chi connectivity index (χ4n) is 1.96. The zero-order valence-corrected chi connectivity index (χ0v) is 11.0. The molecule has 2 rings (SSSR count). The first-order valence-electron chi connectivity index (χ1n) is 6.23. The number of Topliss-reactive ketones (excluding diaryl/α,β-unsaturated/α-hetero) is 1. The Morgan fingerprint density at radius 2 is 1.50 bits per heavy atom. The Bertz CT molecular complexity index is 623. The van der Waals surface area contributed by atoms with Crippen molar-refractivity contribution in [3.63, 3.8) is 0 Å². The number of aliphatic hydroxyl groups is 1. The molecule has 0 saturated heterocycles. The molecule has 0 heterocycles. The van der Waals surface area contributed by atoms with E-state index in [9.17, 15) is 14.7 Å². The van der Waals surface area contributed by atoms with Crippen molar-refractivity contribution in [2.45, 2.75) is 6.10 Å². The van der Waals surface area contributed by atoms with Crippen molar-refractivity contribution in [1.29, 1.82) is 0 Å². The van der Waals surface area contributed by atoms with Gasteiger partial charge in [0.1, 0.15) is 6.10 Å². The molecule has 0 unspecified atom stereocenters. The second-order valence-corrected chi connectivity index (χ2v) is 4.30. The minimum absolute atomic E-state index is 0.211. The molecular weight excluding hydrogens is 254 g/mol. The number of amides is 1. The van der Waals surface area contributed by atoms with E-state index in [0.717, 1.165) is 0 Å². The van der Waals surface area contributed by atoms with Gasteiger partial charge in [-0.2, -0.15) is 0 Å². The molecule has 4 nitrogen and oxygen atoms in total. The van der Waals surface area contributed by atoms with E-state index in [2.05, 4.69) is 5.32 Å². The lowest BCUT2D eigenvalue weighted by Crippen LogP contribution is -2.23. The van der Waals surface area contributed by atoms with Gasteiger partial charge in [0.15, 0.2) is 5.78 Å². The Kier molecular flexibility index (Phi) is 4.27. The van der Waals surface area contributed by atoms with Crippen LogP contribution in [0.5, 0.6) is 0 Å². The number of rotatable bonds is 4. The standard InChI is InChI=1S/C16H15NO3/c1-17-16(20)13-10-6-5-9-12(13)15(19)14(18)11-7-3-2-4-8-11/h2-10,14,18H,1H3,(H,17,20)/t14-/m1/s1. The highest BCUT2D eigenvalue weighted by Gasteiger charge is 2.23. The van der Waals surface area contributed by atoms with Gasteiger partial charge in [0.05, 0.1) is 5.56 Å². The fraction of sp³-hybridized carbons (Fsp3) is 0.125. The summed E-state index contributed by atoms with van der Waals surface area (Å²) in [5.41, 5.74) is 0.974. The summed E-state index contributed by atoms with van der Waals surface area (Å²) in [5.74, 6) is -0.843. The number of carbonyl (C=O) groups is 2. The highest BCUT2D eigenvalue weighted by molar-refractivity contribution is 6.09. The third-order valence-electron chi connectivity index (χ3n) is 3.03. The van der Waals surface area contributed by atoms with Crippen LogP contribution < -0.4 is 5.32 Å². The van der Waals surface area contributed by atoms with Gasteiger partial charge in [-0.05, 0) is 11.6 Å². The van der Waals surface area contributed by atoms with E-state index in [1.807, 2.05) is 0 Å². The summed E-state index contributed by atoms with van der Waals surface area (Å²) < 4.78 is 0. The molecule has 0 aliphatic heterocycles. The van der Waals surface area contributed by atoms with Crippen molar-refractivity contribution in [3.05, 3.63) is 71.3 Å². The second kappa shape index (κ2) is 6.12. The monoisotopic (exact) mass is 269 g/mol. The minimum Gasteiger partial charge on any atom is -0.380 e. The van der Waals surface area contributed by atoms with Crippen molar-refractivity contribution < 1.29 is 14.7 Å². The number of hydrogen-bond donors (Lipinski definition) is 2. The lowest BCUT2D eigenvalue weighted by molar-refractivity contribution is 0.0742. The molecule has 2 aromatic rings. The summed E-state index contributed by atoms with van der Waals surface area (Å²) in [5, 5.41) is 12.6. The summed E-state index contributed by atoms with van der Waals surface area (Å²) in [6, 6.07) is 15.1. The number of aliphatic hydroxyl groups excluding tert-OH is 1. The van der Waals surface area contributed by atoms with Crippen LogP contribution in [0.2, 0.25) is 0 Å². The van der Waals surface area contributed by atoms with Crippen LogP contribution in [0, 0.1) is 0 Å². The summed E-state index contributed by atoms with van der Waals surface area (Å²) >= 11 is 0. The van der Waals surface area contributed by atoms with E-state index in [0.29, 0.717) is 5.56 Å². The van der Waals surface area contributed by atoms with E-state index < -0.39 is 11.9 Å². The van der Waals surface area contributed by atoms with E-state index in [1.54, 1.807) is 54.6 Å². The van der Waals surface area contributed by atoms with Crippen LogP contribution in [0.1, 0.15) is 32.4 Å². The maximum Gasteiger partial charge on any atom is 0.251 e. The maximum absolute atomic E-state index is 12.4. The van der Waals surface area contributed by atoms with Crippen LogP contribution in [0.25, 0.3) is 0 Å². The Morgan fingerprint density at radius 1 is 0.950 bits per heavy atom. The summed E-state index contributed by atoms with van der Waals surface area (Å²) in [4.78, 5) is 24.1. The summed E-state index contributed by atoms with van der Waals surface area (Å²) in [6.07, 6.45) is -1.28. The molecular formula is C16H15NO3. The van der Waals surface area contributed by atoms with Crippen LogP contribution in [-0.2, 0) is 0 Å². The first kappa shape index (κ1) is 14.0. The molecule has 1 amide bonds. The first-order chi connectivity index (χ1) is 9.65. The highest BCUT2D eigenvalue weighted by atomic mass is 16.3. The van der Waals surface area contributed by atoms with Gasteiger partial charge in [-0.3, -0.25) is 9.59 Å². The Hall–Kier alpha value is -2.46. The van der Waals surface area contributed by atoms with Gasteiger partial charge in [0.2, 0.25) is 0 Å². The van der Waals surface area contributed by atoms with Crippen molar-refractivity contribution in [2.24, 2.45) is 0 Å². The van der Waals surface area contributed by atoms with Crippen molar-refractivity contribution in [1.82, 2.24) is 5.32 Å². The summed E-state index contributed by atoms with van der Waals surface area (Å²) in [6.45, 7) is 0. The molecule has 0 aliphatic rings. The number of hydrogen-bond acceptors (Lipinski definition) is 3. The topological polar surface area (TPSA) is 66.4 Å². The first-order valence-corrected chi connectivity index (χ1v) is 6.23. The van der Waals surface area contributed by atoms with E-state index in [1.165, 1.54) is 7.05 Å². The molecule has 0 bridgehead atoms. The number of nitrogens with one attached hydrogen (secondary N) is 1. The van der Waals surface area contributed by atoms with Crippen LogP contribution in [0.4, 0.5) is 0 Å². The third-order valence-corrected chi connectivity index (χ3v) is 3.03. The molecule has 0 saturated carbocycles. The zero-order valence-electron chi connectivity index (χ0n) is 11.0. The predicted molar refractivity (Wildman–Crippen MR) is 75.6 cm³/mol. The Balaban J connectivity index is 2.37. The third kappa shape index (κ3) is 2.75. The van der Waals surface area contributed by atoms with Crippen LogP contribution >= 0.6 is 0 Å². The molecule has 20 heavy (non-hydrogen) atoms. The van der Waals surface area contributed by atoms with E-state index in [-0.39, 0.29) is 17.0 Å². The quantitative estimate of drug-likeness (QED) is 0.834. The number of carbonyl (C=O) groups excluding carboxylic acids is 2. The van der Waals surface area contributed by atoms with E-state index in [4.69, 9.17) is 0 Å². The van der Waals surface area contributed by atoms with Crippen LogP contribution in [0.15, 0.2) is 54.6 Å². The minimum atomic E-state index is -1.28. The number of benzene rings is 2. The lowest BCUT2D eigenvalue weighted by atomic mass is 9.96. The smallest absolute Gasteiger partial charge is 0.251 e. The van der Waals surface area contributed by atoms with Gasteiger partial charge in [-0.25, -0.2) is 0 Å². The average Bonchev–Trinajstić information content (AvgIpc) is 2.53.